The van der Waals surface area contributed by atoms with Gasteiger partial charge in [-0.15, -0.1) is 0 Å². The third-order valence-corrected chi connectivity index (χ3v) is 3.99. The van der Waals surface area contributed by atoms with Gasteiger partial charge in [0.25, 0.3) is 0 Å². The molecule has 0 aliphatic rings. The molecule has 1 aromatic carbocycles. The van der Waals surface area contributed by atoms with Crippen LogP contribution in [0.1, 0.15) is 19.0 Å². The molecule has 0 aliphatic carbocycles. The fourth-order valence-electron chi connectivity index (χ4n) is 2.07. The van der Waals surface area contributed by atoms with E-state index in [2.05, 4.69) is 51.6 Å². The van der Waals surface area contributed by atoms with E-state index in [1.807, 2.05) is 5.48 Å². The lowest BCUT2D eigenvalue weighted by Crippen LogP contribution is -2.37. The Morgan fingerprint density at radius 1 is 1.43 bits per heavy atom. The molecule has 0 atom stereocenters. The highest BCUT2D eigenvalue weighted by atomic mass is 79.9. The summed E-state index contributed by atoms with van der Waals surface area (Å²) in [7, 11) is 0. The van der Waals surface area contributed by atoms with E-state index in [0.29, 0.717) is 25.2 Å². The summed E-state index contributed by atoms with van der Waals surface area (Å²) >= 11 is 3.07. The highest BCUT2D eigenvalue weighted by Crippen LogP contribution is 2.23. The van der Waals surface area contributed by atoms with Crippen molar-refractivity contribution in [2.45, 2.75) is 13.3 Å². The molecule has 2 rings (SSSR count). The maximum atomic E-state index is 13.4. The van der Waals surface area contributed by atoms with Gasteiger partial charge in [-0.25, -0.2) is 18.8 Å². The monoisotopic (exact) mass is 486 g/mol. The summed E-state index contributed by atoms with van der Waals surface area (Å²) in [4.78, 5) is 19.3. The first kappa shape index (κ1) is 23.0. The van der Waals surface area contributed by atoms with E-state index in [4.69, 9.17) is 10.4 Å². The van der Waals surface area contributed by atoms with Crippen molar-refractivity contribution >= 4 is 45.3 Å². The third kappa shape index (κ3) is 6.97. The Hall–Kier alpha value is -3.26. The number of amides is 1. The van der Waals surface area contributed by atoms with Gasteiger partial charge < -0.3 is 15.8 Å². The molecule has 2 aromatic rings. The van der Waals surface area contributed by atoms with Crippen LogP contribution >= 0.6 is 15.9 Å². The van der Waals surface area contributed by atoms with Gasteiger partial charge in [0.15, 0.2) is 17.5 Å². The number of amidine groups is 1. The number of ether oxygens (including phenoxy) is 1. The highest BCUT2D eigenvalue weighted by molar-refractivity contribution is 9.10. The third-order valence-electron chi connectivity index (χ3n) is 3.38. The zero-order valence-electron chi connectivity index (χ0n) is 15.9. The van der Waals surface area contributed by atoms with Crippen molar-refractivity contribution in [1.82, 2.24) is 21.1 Å². The molecule has 1 amide bonds. The van der Waals surface area contributed by atoms with Crippen molar-refractivity contribution in [3.05, 3.63) is 34.2 Å². The van der Waals surface area contributed by atoms with Crippen LogP contribution in [0.4, 0.5) is 20.7 Å². The van der Waals surface area contributed by atoms with Crippen LogP contribution in [0.25, 0.3) is 0 Å². The van der Waals surface area contributed by atoms with Gasteiger partial charge >= 0.3 is 6.09 Å². The predicted molar refractivity (Wildman–Crippen MR) is 109 cm³/mol. The van der Waals surface area contributed by atoms with Gasteiger partial charge in [-0.3, -0.25) is 21.0 Å². The number of hydrogen-bond acceptors (Lipinski definition) is 9. The number of alkyl carbamates (subject to hydrolysis) is 1. The molecule has 1 heterocycles. The minimum Gasteiger partial charge on any atom is -0.450 e. The smallest absolute Gasteiger partial charge is 0.413 e. The zero-order valence-corrected chi connectivity index (χ0v) is 17.4. The van der Waals surface area contributed by atoms with Crippen molar-refractivity contribution < 1.29 is 23.8 Å². The van der Waals surface area contributed by atoms with Crippen LogP contribution < -0.4 is 21.8 Å². The van der Waals surface area contributed by atoms with E-state index in [1.165, 1.54) is 18.2 Å². The van der Waals surface area contributed by atoms with Gasteiger partial charge in [0, 0.05) is 13.1 Å². The Labute approximate surface area is 178 Å². The molecule has 0 bridgehead atoms. The van der Waals surface area contributed by atoms with Gasteiger partial charge in [0.05, 0.1) is 16.8 Å². The summed E-state index contributed by atoms with van der Waals surface area (Å²) in [5.41, 5.74) is 7.95. The van der Waals surface area contributed by atoms with Crippen molar-refractivity contribution in [1.29, 1.82) is 0 Å². The molecule has 0 spiro atoms. The molecule has 14 heteroatoms. The topological polar surface area (TPSA) is 172 Å². The summed E-state index contributed by atoms with van der Waals surface area (Å²) in [6, 6.07) is 4.08. The molecule has 162 valence electrons. The number of guanidine groups is 1. The van der Waals surface area contributed by atoms with Gasteiger partial charge in [-0.2, -0.15) is 0 Å². The van der Waals surface area contributed by atoms with Gasteiger partial charge in [-0.1, -0.05) is 0 Å². The number of aromatic nitrogens is 2. The van der Waals surface area contributed by atoms with Crippen LogP contribution in [0.3, 0.4) is 0 Å². The van der Waals surface area contributed by atoms with Crippen LogP contribution in [0.15, 0.2) is 37.3 Å². The van der Waals surface area contributed by atoms with E-state index in [9.17, 15) is 14.4 Å². The fraction of sp³-hybridized carbons (Fsp3) is 0.312. The number of nitrogens with two attached hydrogens (primary N) is 1. The molecule has 0 saturated heterocycles. The summed E-state index contributed by atoms with van der Waals surface area (Å²) in [5.74, 6) is -0.337. The lowest BCUT2D eigenvalue weighted by Gasteiger charge is -2.06. The largest absolute Gasteiger partial charge is 0.450 e. The van der Waals surface area contributed by atoms with Crippen molar-refractivity contribution in [3.8, 4) is 0 Å². The molecule has 0 unspecified atom stereocenters. The number of benzene rings is 1. The van der Waals surface area contributed by atoms with Gasteiger partial charge in [0.1, 0.15) is 5.82 Å². The molecule has 1 aromatic heterocycles. The van der Waals surface area contributed by atoms with Crippen LogP contribution in [0.5, 0.6) is 0 Å². The standard InChI is InChI=1S/C16H20BrFN8O4/c1-2-29-16(27)23-15(19)21-7-3-6-20-13-12(25-30-26-13)14(24-28)22-9-4-5-11(18)10(17)8-9/h4-5,8,28H,2-3,6-7H2,1H3,(H,20,26)(H,22,24)(H3,19,21,23,27). The van der Waals surface area contributed by atoms with E-state index in [-0.39, 0.29) is 34.4 Å². The van der Waals surface area contributed by atoms with E-state index in [0.717, 1.165) is 0 Å². The average Bonchev–Trinajstić information content (AvgIpc) is 3.17. The number of nitrogens with one attached hydrogen (secondary N) is 3. The number of anilines is 1. The fourth-order valence-corrected chi connectivity index (χ4v) is 2.44. The van der Waals surface area contributed by atoms with Gasteiger partial charge in [0.2, 0.25) is 5.82 Å². The Morgan fingerprint density at radius 2 is 2.23 bits per heavy atom. The summed E-state index contributed by atoms with van der Waals surface area (Å²) < 4.78 is 23.0. The Morgan fingerprint density at radius 3 is 2.93 bits per heavy atom. The van der Waals surface area contributed by atoms with Crippen molar-refractivity contribution in [2.75, 3.05) is 25.0 Å². The first-order valence-electron chi connectivity index (χ1n) is 8.69. The number of hydroxylamine groups is 1. The number of nitrogens with zero attached hydrogens (tertiary/aromatic N) is 4. The minimum absolute atomic E-state index is 0.0541. The molecular weight excluding hydrogens is 467 g/mol. The summed E-state index contributed by atoms with van der Waals surface area (Å²) in [5, 5.41) is 22.1. The number of hydrogen-bond donors (Lipinski definition) is 5. The Bertz CT molecular complexity index is 920. The summed E-state index contributed by atoms with van der Waals surface area (Å²) in [6.45, 7) is 2.61. The molecule has 6 N–H and O–H groups in total. The van der Waals surface area contributed by atoms with E-state index in [1.54, 1.807) is 6.92 Å². The number of aliphatic imine (C=N–C) groups is 2. The SMILES string of the molecule is CCOC(=O)NC(N)=NCCCNc1nonc1C(=Nc1ccc(F)c(Br)c1)NO. The second-order valence-electron chi connectivity index (χ2n) is 5.52. The van der Waals surface area contributed by atoms with Crippen molar-refractivity contribution in [3.63, 3.8) is 0 Å². The second-order valence-corrected chi connectivity index (χ2v) is 6.38. The zero-order chi connectivity index (χ0) is 21.9. The first-order chi connectivity index (χ1) is 14.4. The number of carbonyl (C=O) groups is 1. The first-order valence-corrected chi connectivity index (χ1v) is 9.48. The molecular formula is C16H20BrFN8O4. The number of rotatable bonds is 8. The van der Waals surface area contributed by atoms with E-state index < -0.39 is 11.9 Å². The Kier molecular flexibility index (Phi) is 8.96. The molecule has 30 heavy (non-hydrogen) atoms. The minimum atomic E-state index is -0.674. The lowest BCUT2D eigenvalue weighted by atomic mass is 10.3. The quantitative estimate of drug-likeness (QED) is 0.161. The maximum absolute atomic E-state index is 13.4. The number of carbonyl (C=O) groups excluding carboxylic acids is 1. The second kappa shape index (κ2) is 11.7. The van der Waals surface area contributed by atoms with Crippen LogP contribution in [-0.2, 0) is 4.74 Å². The average molecular weight is 487 g/mol. The van der Waals surface area contributed by atoms with E-state index >= 15 is 0 Å². The predicted octanol–water partition coefficient (Wildman–Crippen LogP) is 1.89. The molecule has 0 radical (unpaired) electrons. The molecule has 0 aliphatic heterocycles. The lowest BCUT2D eigenvalue weighted by molar-refractivity contribution is 0.157. The molecule has 12 nitrogen and oxygen atoms in total. The van der Waals surface area contributed by atoms with Crippen LogP contribution in [-0.4, -0.2) is 53.1 Å². The maximum Gasteiger partial charge on any atom is 0.413 e. The van der Waals surface area contributed by atoms with Crippen LogP contribution in [0.2, 0.25) is 0 Å². The van der Waals surface area contributed by atoms with Crippen molar-refractivity contribution in [2.24, 2.45) is 15.7 Å². The molecule has 0 fully saturated rings. The summed E-state index contributed by atoms with van der Waals surface area (Å²) in [6.07, 6.45) is -0.145. The van der Waals surface area contributed by atoms with Gasteiger partial charge in [-0.05, 0) is 57.8 Å². The highest BCUT2D eigenvalue weighted by Gasteiger charge is 2.16. The number of halogens is 2. The Balaban J connectivity index is 1.93. The molecule has 0 saturated carbocycles. The van der Waals surface area contributed by atoms with Crippen LogP contribution in [0, 0.1) is 5.82 Å². The normalized spacial score (nSPS) is 11.9.